The molecule has 0 saturated carbocycles. The summed E-state index contributed by atoms with van der Waals surface area (Å²) in [7, 11) is 0. The lowest BCUT2D eigenvalue weighted by Crippen LogP contribution is -2.58. The van der Waals surface area contributed by atoms with E-state index in [2.05, 4.69) is 4.90 Å². The summed E-state index contributed by atoms with van der Waals surface area (Å²) >= 11 is 12.4. The van der Waals surface area contributed by atoms with Crippen LogP contribution in [-0.4, -0.2) is 40.9 Å². The molecule has 0 aliphatic carbocycles. The first-order chi connectivity index (χ1) is 12.0. The molecule has 1 aromatic heterocycles. The number of hydrogen-bond donors (Lipinski definition) is 0. The van der Waals surface area contributed by atoms with Crippen molar-refractivity contribution in [2.45, 2.75) is 38.4 Å². The number of hydrogen-bond acceptors (Lipinski definition) is 3. The van der Waals surface area contributed by atoms with E-state index in [1.807, 2.05) is 36.1 Å². The average Bonchev–Trinajstić information content (AvgIpc) is 3.24. The van der Waals surface area contributed by atoms with Crippen LogP contribution in [0, 0.1) is 0 Å². The number of furan rings is 1. The van der Waals surface area contributed by atoms with Gasteiger partial charge in [-0.3, -0.25) is 9.69 Å². The Morgan fingerprint density at radius 3 is 2.92 bits per heavy atom. The number of benzene rings is 1. The van der Waals surface area contributed by atoms with Gasteiger partial charge in [-0.15, -0.1) is 0 Å². The van der Waals surface area contributed by atoms with E-state index >= 15 is 0 Å². The molecular formula is C19H20Cl2N2O2. The first-order valence-electron chi connectivity index (χ1n) is 8.62. The Balaban J connectivity index is 1.53. The van der Waals surface area contributed by atoms with Crippen molar-refractivity contribution >= 4 is 29.1 Å². The van der Waals surface area contributed by atoms with Gasteiger partial charge in [0.05, 0.1) is 22.6 Å². The van der Waals surface area contributed by atoms with Gasteiger partial charge in [0.1, 0.15) is 11.5 Å². The molecule has 2 atom stereocenters. The van der Waals surface area contributed by atoms with Crippen LogP contribution in [0.2, 0.25) is 10.0 Å². The van der Waals surface area contributed by atoms with Gasteiger partial charge in [0.25, 0.3) is 0 Å². The molecule has 4 rings (SSSR count). The first kappa shape index (κ1) is 17.0. The molecule has 132 valence electrons. The van der Waals surface area contributed by atoms with Gasteiger partial charge in [0.15, 0.2) is 0 Å². The Bertz CT molecular complexity index is 804. The molecule has 2 aliphatic heterocycles. The molecule has 4 nitrogen and oxygen atoms in total. The van der Waals surface area contributed by atoms with E-state index < -0.39 is 0 Å². The van der Waals surface area contributed by atoms with Gasteiger partial charge in [0, 0.05) is 24.7 Å². The van der Waals surface area contributed by atoms with E-state index in [9.17, 15) is 4.79 Å². The predicted octanol–water partition coefficient (Wildman–Crippen LogP) is 4.45. The van der Waals surface area contributed by atoms with Gasteiger partial charge in [0.2, 0.25) is 5.91 Å². The zero-order valence-corrected chi connectivity index (χ0v) is 15.6. The maximum absolute atomic E-state index is 12.5. The number of rotatable bonds is 3. The highest BCUT2D eigenvalue weighted by molar-refractivity contribution is 6.43. The molecule has 2 fully saturated rings. The monoisotopic (exact) mass is 378 g/mol. The largest absolute Gasteiger partial charge is 0.460 e. The summed E-state index contributed by atoms with van der Waals surface area (Å²) in [6.45, 7) is 4.41. The number of amides is 1. The summed E-state index contributed by atoms with van der Waals surface area (Å²) in [5.41, 5.74) is 0.783. The maximum Gasteiger partial charge on any atom is 0.239 e. The van der Waals surface area contributed by atoms with Gasteiger partial charge in [-0.25, -0.2) is 0 Å². The Kier molecular flexibility index (Phi) is 4.52. The van der Waals surface area contributed by atoms with Crippen molar-refractivity contribution in [3.63, 3.8) is 0 Å². The highest BCUT2D eigenvalue weighted by atomic mass is 35.5. The van der Waals surface area contributed by atoms with E-state index in [0.717, 1.165) is 37.3 Å². The lowest BCUT2D eigenvalue weighted by molar-refractivity contribution is -0.143. The molecule has 1 amide bonds. The summed E-state index contributed by atoms with van der Waals surface area (Å²) in [4.78, 5) is 16.8. The number of fused-ring (bicyclic) bond motifs is 1. The Labute approximate surface area is 157 Å². The highest BCUT2D eigenvalue weighted by Gasteiger charge is 2.40. The normalized spacial score (nSPS) is 24.0. The first-order valence-corrected chi connectivity index (χ1v) is 9.38. The number of halogens is 2. The molecule has 0 unspecified atom stereocenters. The van der Waals surface area contributed by atoms with Crippen LogP contribution in [-0.2, 0) is 11.3 Å². The fourth-order valence-electron chi connectivity index (χ4n) is 3.84. The Hall–Kier alpha value is -1.49. The van der Waals surface area contributed by atoms with Gasteiger partial charge in [-0.1, -0.05) is 29.3 Å². The third kappa shape index (κ3) is 3.07. The number of piperazine rings is 1. The van der Waals surface area contributed by atoms with Crippen molar-refractivity contribution < 1.29 is 9.21 Å². The molecule has 0 spiro atoms. The molecule has 0 radical (unpaired) electrons. The molecule has 2 saturated heterocycles. The third-order valence-corrected chi connectivity index (χ3v) is 6.07. The van der Waals surface area contributed by atoms with E-state index in [-0.39, 0.29) is 11.9 Å². The Morgan fingerprint density at radius 2 is 2.08 bits per heavy atom. The molecule has 0 bridgehead atoms. The van der Waals surface area contributed by atoms with Crippen molar-refractivity contribution in [1.29, 1.82) is 0 Å². The van der Waals surface area contributed by atoms with Crippen LogP contribution in [0.25, 0.3) is 11.3 Å². The lowest BCUT2D eigenvalue weighted by Gasteiger charge is -2.41. The summed E-state index contributed by atoms with van der Waals surface area (Å²) in [6.07, 6.45) is 2.20. The minimum absolute atomic E-state index is 0.113. The molecular weight excluding hydrogens is 359 g/mol. The zero-order chi connectivity index (χ0) is 17.6. The summed E-state index contributed by atoms with van der Waals surface area (Å²) in [5.74, 6) is 1.76. The second-order valence-corrected chi connectivity index (χ2v) is 7.59. The molecule has 2 aliphatic rings. The van der Waals surface area contributed by atoms with Gasteiger partial charge in [-0.05, 0) is 44.0 Å². The summed E-state index contributed by atoms with van der Waals surface area (Å²) in [5, 5.41) is 1.00. The van der Waals surface area contributed by atoms with Crippen molar-refractivity contribution in [1.82, 2.24) is 9.80 Å². The quantitative estimate of drug-likeness (QED) is 0.791. The van der Waals surface area contributed by atoms with E-state index in [1.165, 1.54) is 0 Å². The fourth-order valence-corrected chi connectivity index (χ4v) is 4.24. The van der Waals surface area contributed by atoms with Crippen molar-refractivity contribution in [2.75, 3.05) is 13.1 Å². The van der Waals surface area contributed by atoms with Crippen LogP contribution < -0.4 is 0 Å². The molecule has 1 aromatic carbocycles. The number of carbonyl (C=O) groups excluding carboxylic acids is 1. The van der Waals surface area contributed by atoms with E-state index in [4.69, 9.17) is 27.6 Å². The van der Waals surface area contributed by atoms with Crippen molar-refractivity contribution in [3.05, 3.63) is 46.1 Å². The average molecular weight is 379 g/mol. The second-order valence-electron chi connectivity index (χ2n) is 6.80. The molecule has 3 heterocycles. The number of carbonyl (C=O) groups is 1. The zero-order valence-electron chi connectivity index (χ0n) is 14.0. The minimum atomic E-state index is -0.113. The van der Waals surface area contributed by atoms with Crippen LogP contribution in [0.1, 0.15) is 25.5 Å². The van der Waals surface area contributed by atoms with E-state index in [1.54, 1.807) is 6.07 Å². The van der Waals surface area contributed by atoms with Crippen molar-refractivity contribution in [2.24, 2.45) is 0 Å². The fraction of sp³-hybridized carbons (Fsp3) is 0.421. The standard InChI is InChI=1S/C19H20Cl2N2O2/c1-12-19(24)23-9-3-4-13(23)10-22(12)11-14-7-8-17(25-14)15-5-2-6-16(20)18(15)21/h2,5-8,12-13H,3-4,9-11H2,1H3/t12-,13-/m0/s1. The lowest BCUT2D eigenvalue weighted by atomic mass is 10.1. The van der Waals surface area contributed by atoms with Gasteiger partial charge < -0.3 is 9.32 Å². The summed E-state index contributed by atoms with van der Waals surface area (Å²) < 4.78 is 5.99. The molecule has 6 heteroatoms. The topological polar surface area (TPSA) is 36.7 Å². The van der Waals surface area contributed by atoms with E-state index in [0.29, 0.717) is 28.4 Å². The van der Waals surface area contributed by atoms with Crippen LogP contribution in [0.4, 0.5) is 0 Å². The second kappa shape index (κ2) is 6.67. The maximum atomic E-state index is 12.5. The SMILES string of the molecule is C[C@H]1C(=O)N2CCC[C@H]2CN1Cc1ccc(-c2cccc(Cl)c2Cl)o1. The molecule has 0 N–H and O–H groups in total. The Morgan fingerprint density at radius 1 is 1.24 bits per heavy atom. The molecule has 2 aromatic rings. The minimum Gasteiger partial charge on any atom is -0.460 e. The van der Waals surface area contributed by atoms with Crippen LogP contribution in [0.5, 0.6) is 0 Å². The van der Waals surface area contributed by atoms with Gasteiger partial charge in [-0.2, -0.15) is 0 Å². The van der Waals surface area contributed by atoms with Gasteiger partial charge >= 0.3 is 0 Å². The van der Waals surface area contributed by atoms with Crippen molar-refractivity contribution in [3.8, 4) is 11.3 Å². The van der Waals surface area contributed by atoms with Crippen LogP contribution in [0.3, 0.4) is 0 Å². The summed E-state index contributed by atoms with van der Waals surface area (Å²) in [6, 6.07) is 9.59. The smallest absolute Gasteiger partial charge is 0.239 e. The predicted molar refractivity (Wildman–Crippen MR) is 98.8 cm³/mol. The highest BCUT2D eigenvalue weighted by Crippen LogP contribution is 2.35. The van der Waals surface area contributed by atoms with Crippen LogP contribution in [0.15, 0.2) is 34.7 Å². The number of nitrogens with zero attached hydrogens (tertiary/aromatic N) is 2. The molecule has 25 heavy (non-hydrogen) atoms. The third-order valence-electron chi connectivity index (χ3n) is 5.25. The van der Waals surface area contributed by atoms with Crippen LogP contribution >= 0.6 is 23.2 Å².